The van der Waals surface area contributed by atoms with Gasteiger partial charge < -0.3 is 24.8 Å². The molecule has 2 aromatic carbocycles. The minimum atomic E-state index is -1.02. The van der Waals surface area contributed by atoms with Crippen molar-refractivity contribution >= 4 is 18.2 Å². The lowest BCUT2D eigenvalue weighted by Crippen LogP contribution is -2.38. The first-order chi connectivity index (χ1) is 15.5. The van der Waals surface area contributed by atoms with Crippen molar-refractivity contribution in [2.24, 2.45) is 0 Å². The van der Waals surface area contributed by atoms with Gasteiger partial charge >= 0.3 is 18.2 Å². The molecule has 0 saturated heterocycles. The summed E-state index contributed by atoms with van der Waals surface area (Å²) in [5.74, 6) is -1.02. The van der Waals surface area contributed by atoms with E-state index < -0.39 is 24.2 Å². The van der Waals surface area contributed by atoms with E-state index in [-0.39, 0.29) is 19.6 Å². The summed E-state index contributed by atoms with van der Waals surface area (Å²) in [6.07, 6.45) is -0.443. The molecule has 0 heterocycles. The van der Waals surface area contributed by atoms with Crippen LogP contribution in [-0.2, 0) is 27.5 Å². The molecule has 2 aromatic rings. The molecule has 0 fully saturated rings. The molecule has 172 valence electrons. The molecule has 2 N–H and O–H groups in total. The number of aliphatic carboxylic acids is 1. The van der Waals surface area contributed by atoms with E-state index in [0.717, 1.165) is 11.1 Å². The number of alkyl carbamates (subject to hydrolysis) is 1. The van der Waals surface area contributed by atoms with Gasteiger partial charge in [0.25, 0.3) is 0 Å². The summed E-state index contributed by atoms with van der Waals surface area (Å²) in [7, 11) is 0. The monoisotopic (exact) mass is 442 g/mol. The van der Waals surface area contributed by atoms with Gasteiger partial charge in [0.1, 0.15) is 13.2 Å². The summed E-state index contributed by atoms with van der Waals surface area (Å²) in [6, 6.07) is 18.0. The van der Waals surface area contributed by atoms with Gasteiger partial charge in [0.15, 0.2) is 0 Å². The van der Waals surface area contributed by atoms with E-state index in [2.05, 4.69) is 5.32 Å². The van der Waals surface area contributed by atoms with E-state index in [9.17, 15) is 14.4 Å². The third-order valence-corrected chi connectivity index (χ3v) is 4.78. The second kappa shape index (κ2) is 13.7. The number of hydrogen-bond acceptors (Lipinski definition) is 5. The zero-order valence-electron chi connectivity index (χ0n) is 18.2. The van der Waals surface area contributed by atoms with Gasteiger partial charge in [-0.15, -0.1) is 0 Å². The molecule has 32 heavy (non-hydrogen) atoms. The van der Waals surface area contributed by atoms with Crippen LogP contribution in [0.3, 0.4) is 0 Å². The molecule has 8 nitrogen and oxygen atoms in total. The Kier molecular flexibility index (Phi) is 10.6. The van der Waals surface area contributed by atoms with Crippen LogP contribution in [0.4, 0.5) is 9.59 Å². The molecule has 0 aliphatic rings. The highest BCUT2D eigenvalue weighted by molar-refractivity contribution is 5.71. The van der Waals surface area contributed by atoms with Gasteiger partial charge in [-0.2, -0.15) is 0 Å². The second-order valence-electron chi connectivity index (χ2n) is 7.26. The normalized spacial score (nSPS) is 11.3. The van der Waals surface area contributed by atoms with Crippen molar-refractivity contribution < 1.29 is 29.0 Å². The highest BCUT2D eigenvalue weighted by Gasteiger charge is 2.19. The van der Waals surface area contributed by atoms with Crippen molar-refractivity contribution in [3.05, 3.63) is 71.8 Å². The smallest absolute Gasteiger partial charge is 0.410 e. The van der Waals surface area contributed by atoms with Crippen LogP contribution in [0.25, 0.3) is 0 Å². The van der Waals surface area contributed by atoms with E-state index in [1.165, 1.54) is 0 Å². The van der Waals surface area contributed by atoms with Crippen LogP contribution in [0, 0.1) is 0 Å². The maximum absolute atomic E-state index is 12.3. The molecular weight excluding hydrogens is 412 g/mol. The lowest BCUT2D eigenvalue weighted by atomic mass is 10.1. The number of carboxylic acid groups (broad SMARTS) is 1. The molecule has 1 atom stereocenters. The zero-order valence-corrected chi connectivity index (χ0v) is 18.2. The number of hydrogen-bond donors (Lipinski definition) is 2. The molecule has 0 aliphatic carbocycles. The Hall–Kier alpha value is -3.55. The number of carbonyl (C=O) groups excluding carboxylic acids is 2. The largest absolute Gasteiger partial charge is 0.481 e. The third kappa shape index (κ3) is 9.51. The fraction of sp³-hybridized carbons (Fsp3) is 0.375. The molecule has 0 saturated carbocycles. The molecule has 0 spiro atoms. The average Bonchev–Trinajstić information content (AvgIpc) is 2.80. The Balaban J connectivity index is 1.77. The van der Waals surface area contributed by atoms with Gasteiger partial charge in [0, 0.05) is 19.1 Å². The lowest BCUT2D eigenvalue weighted by molar-refractivity contribution is -0.137. The Morgan fingerprint density at radius 3 is 2.03 bits per heavy atom. The van der Waals surface area contributed by atoms with E-state index >= 15 is 0 Å². The van der Waals surface area contributed by atoms with Crippen molar-refractivity contribution in [3.8, 4) is 0 Å². The van der Waals surface area contributed by atoms with Crippen LogP contribution < -0.4 is 5.32 Å². The summed E-state index contributed by atoms with van der Waals surface area (Å²) in [5, 5.41) is 11.8. The number of carbonyl (C=O) groups is 3. The van der Waals surface area contributed by atoms with Crippen molar-refractivity contribution in [2.75, 3.05) is 13.1 Å². The van der Waals surface area contributed by atoms with E-state index in [0.29, 0.717) is 25.9 Å². The Morgan fingerprint density at radius 2 is 1.50 bits per heavy atom. The maximum Gasteiger partial charge on any atom is 0.410 e. The number of carboxylic acids is 1. The Labute approximate surface area is 188 Å². The standard InChI is InChI=1S/C24H30N2O6/c1-2-26(24(30)32-18-20-12-7-4-8-13-20)15-9-14-21(16-22(27)28)25-23(29)31-17-19-10-5-3-6-11-19/h3-8,10-13,21H,2,9,14-18H2,1H3,(H,25,29)(H,27,28)/t21-/m0/s1. The third-order valence-electron chi connectivity index (χ3n) is 4.78. The average molecular weight is 443 g/mol. The first-order valence-corrected chi connectivity index (χ1v) is 10.6. The van der Waals surface area contributed by atoms with Crippen molar-refractivity contribution in [1.82, 2.24) is 10.2 Å². The predicted molar refractivity (Wildman–Crippen MR) is 119 cm³/mol. The van der Waals surface area contributed by atoms with Crippen molar-refractivity contribution in [3.63, 3.8) is 0 Å². The van der Waals surface area contributed by atoms with Crippen LogP contribution in [0.1, 0.15) is 37.3 Å². The van der Waals surface area contributed by atoms with Crippen molar-refractivity contribution in [1.29, 1.82) is 0 Å². The van der Waals surface area contributed by atoms with Crippen LogP contribution in [0.15, 0.2) is 60.7 Å². The molecule has 0 aromatic heterocycles. The van der Waals surface area contributed by atoms with E-state index in [1.807, 2.05) is 67.6 Å². The molecule has 2 amide bonds. The zero-order chi connectivity index (χ0) is 23.2. The Bertz CT molecular complexity index is 844. The SMILES string of the molecule is CCN(CCC[C@@H](CC(=O)O)NC(=O)OCc1ccccc1)C(=O)OCc1ccccc1. The summed E-state index contributed by atoms with van der Waals surface area (Å²) < 4.78 is 10.5. The van der Waals surface area contributed by atoms with Gasteiger partial charge in [0.2, 0.25) is 0 Å². The molecular formula is C24H30N2O6. The number of benzene rings is 2. The molecule has 0 radical (unpaired) electrons. The maximum atomic E-state index is 12.3. The first-order valence-electron chi connectivity index (χ1n) is 10.6. The molecule has 0 aliphatic heterocycles. The number of amides is 2. The lowest BCUT2D eigenvalue weighted by Gasteiger charge is -2.22. The fourth-order valence-electron chi connectivity index (χ4n) is 3.09. The minimum Gasteiger partial charge on any atom is -0.481 e. The van der Waals surface area contributed by atoms with Gasteiger partial charge in [-0.3, -0.25) is 4.79 Å². The summed E-state index contributed by atoms with van der Waals surface area (Å²) in [5.41, 5.74) is 1.74. The highest BCUT2D eigenvalue weighted by atomic mass is 16.6. The first kappa shape index (κ1) is 24.7. The topological polar surface area (TPSA) is 105 Å². The van der Waals surface area contributed by atoms with E-state index in [1.54, 1.807) is 4.90 Å². The van der Waals surface area contributed by atoms with Crippen LogP contribution in [0.5, 0.6) is 0 Å². The fourth-order valence-corrected chi connectivity index (χ4v) is 3.09. The van der Waals surface area contributed by atoms with Crippen LogP contribution in [0.2, 0.25) is 0 Å². The highest BCUT2D eigenvalue weighted by Crippen LogP contribution is 2.08. The van der Waals surface area contributed by atoms with Gasteiger partial charge in [-0.25, -0.2) is 9.59 Å². The van der Waals surface area contributed by atoms with Crippen LogP contribution >= 0.6 is 0 Å². The van der Waals surface area contributed by atoms with Gasteiger partial charge in [-0.05, 0) is 30.9 Å². The summed E-state index contributed by atoms with van der Waals surface area (Å²) >= 11 is 0. The summed E-state index contributed by atoms with van der Waals surface area (Å²) in [4.78, 5) is 37.1. The minimum absolute atomic E-state index is 0.101. The molecule has 8 heteroatoms. The number of rotatable bonds is 12. The van der Waals surface area contributed by atoms with Crippen LogP contribution in [-0.4, -0.2) is 47.3 Å². The second-order valence-corrected chi connectivity index (χ2v) is 7.26. The number of ether oxygens (including phenoxy) is 2. The van der Waals surface area contributed by atoms with Gasteiger partial charge in [0.05, 0.1) is 6.42 Å². The van der Waals surface area contributed by atoms with E-state index in [4.69, 9.17) is 14.6 Å². The molecule has 2 rings (SSSR count). The van der Waals surface area contributed by atoms with Crippen molar-refractivity contribution in [2.45, 2.75) is 45.4 Å². The van der Waals surface area contributed by atoms with Gasteiger partial charge in [-0.1, -0.05) is 60.7 Å². The number of nitrogens with zero attached hydrogens (tertiary/aromatic N) is 1. The number of nitrogens with one attached hydrogen (secondary N) is 1. The Morgan fingerprint density at radius 1 is 0.938 bits per heavy atom. The summed E-state index contributed by atoms with van der Waals surface area (Å²) in [6.45, 7) is 2.98. The predicted octanol–water partition coefficient (Wildman–Crippen LogP) is 4.20. The molecule has 0 unspecified atom stereocenters. The quantitative estimate of drug-likeness (QED) is 0.511. The molecule has 0 bridgehead atoms.